The molecule has 7 heteroatoms. The van der Waals surface area contributed by atoms with Gasteiger partial charge in [-0.05, 0) is 37.3 Å². The Bertz CT molecular complexity index is 982. The van der Waals surface area contributed by atoms with E-state index in [2.05, 4.69) is 27.3 Å². The Kier molecular flexibility index (Phi) is 3.89. The van der Waals surface area contributed by atoms with E-state index in [9.17, 15) is 4.79 Å². The van der Waals surface area contributed by atoms with Gasteiger partial charge in [-0.1, -0.05) is 30.3 Å². The third-order valence-electron chi connectivity index (χ3n) is 5.34. The van der Waals surface area contributed by atoms with Gasteiger partial charge in [0.2, 0.25) is 5.82 Å². The minimum Gasteiger partial charge on any atom is -0.366 e. The number of amides is 1. The van der Waals surface area contributed by atoms with Crippen molar-refractivity contribution in [2.75, 3.05) is 13.1 Å². The van der Waals surface area contributed by atoms with Crippen LogP contribution in [0.5, 0.6) is 0 Å². The lowest BCUT2D eigenvalue weighted by Crippen LogP contribution is -2.48. The standard InChI is InChI=1S/C20H21N5O2/c1-13-9-10-25-18(22-23-20(25)21-13)19(26)24-11-16(14-5-3-2-4-6-14)27-17(12-24)15-7-8-15/h2-6,9-10,15-17H,7-8,11-12H2,1H3/t16-,17+/m0/s1. The molecule has 1 aromatic carbocycles. The fraction of sp³-hybridized carbons (Fsp3) is 0.400. The molecule has 138 valence electrons. The van der Waals surface area contributed by atoms with Crippen LogP contribution < -0.4 is 0 Å². The van der Waals surface area contributed by atoms with Crippen LogP contribution in [0, 0.1) is 12.8 Å². The summed E-state index contributed by atoms with van der Waals surface area (Å²) in [6, 6.07) is 12.0. The molecular formula is C20H21N5O2. The van der Waals surface area contributed by atoms with Crippen molar-refractivity contribution in [1.29, 1.82) is 0 Å². The first-order valence-corrected chi connectivity index (χ1v) is 9.37. The number of hydrogen-bond donors (Lipinski definition) is 0. The van der Waals surface area contributed by atoms with E-state index in [0.29, 0.717) is 30.6 Å². The van der Waals surface area contributed by atoms with Crippen molar-refractivity contribution in [3.05, 3.63) is 59.7 Å². The average molecular weight is 363 g/mol. The van der Waals surface area contributed by atoms with Crippen molar-refractivity contribution in [3.63, 3.8) is 0 Å². The van der Waals surface area contributed by atoms with Crippen molar-refractivity contribution < 1.29 is 9.53 Å². The quantitative estimate of drug-likeness (QED) is 0.715. The summed E-state index contributed by atoms with van der Waals surface area (Å²) < 4.78 is 8.01. The van der Waals surface area contributed by atoms with Gasteiger partial charge in [0.1, 0.15) is 6.10 Å². The number of hydrogen-bond acceptors (Lipinski definition) is 5. The van der Waals surface area contributed by atoms with Crippen LogP contribution in [0.15, 0.2) is 42.6 Å². The van der Waals surface area contributed by atoms with Gasteiger partial charge < -0.3 is 9.64 Å². The normalized spacial score (nSPS) is 22.9. The number of fused-ring (bicyclic) bond motifs is 1. The Morgan fingerprint density at radius 3 is 2.70 bits per heavy atom. The minimum absolute atomic E-state index is 0.0764. The van der Waals surface area contributed by atoms with E-state index < -0.39 is 0 Å². The number of morpholine rings is 1. The maximum atomic E-state index is 13.2. The van der Waals surface area contributed by atoms with E-state index in [-0.39, 0.29) is 18.1 Å². The van der Waals surface area contributed by atoms with E-state index in [0.717, 1.165) is 11.3 Å². The van der Waals surface area contributed by atoms with Crippen molar-refractivity contribution in [1.82, 2.24) is 24.5 Å². The predicted molar refractivity (Wildman–Crippen MR) is 98.2 cm³/mol. The highest BCUT2D eigenvalue weighted by molar-refractivity contribution is 5.91. The van der Waals surface area contributed by atoms with Crippen LogP contribution in [-0.4, -0.2) is 49.6 Å². The van der Waals surface area contributed by atoms with Crippen LogP contribution in [0.1, 0.15) is 40.8 Å². The van der Waals surface area contributed by atoms with E-state index >= 15 is 0 Å². The molecule has 3 heterocycles. The first kappa shape index (κ1) is 16.4. The van der Waals surface area contributed by atoms with Crippen LogP contribution in [0.3, 0.4) is 0 Å². The highest BCUT2D eigenvalue weighted by Gasteiger charge is 2.41. The second kappa shape index (κ2) is 6.42. The van der Waals surface area contributed by atoms with Gasteiger partial charge in [-0.15, -0.1) is 10.2 Å². The molecule has 2 atom stereocenters. The Hall–Kier alpha value is -2.80. The summed E-state index contributed by atoms with van der Waals surface area (Å²) >= 11 is 0. The molecule has 1 aliphatic heterocycles. The van der Waals surface area contributed by atoms with E-state index in [4.69, 9.17) is 4.74 Å². The van der Waals surface area contributed by atoms with Crippen LogP contribution in [-0.2, 0) is 4.74 Å². The Morgan fingerprint density at radius 2 is 1.93 bits per heavy atom. The van der Waals surface area contributed by atoms with Gasteiger partial charge >= 0.3 is 0 Å². The number of rotatable bonds is 3. The zero-order valence-electron chi connectivity index (χ0n) is 15.2. The first-order valence-electron chi connectivity index (χ1n) is 9.37. The lowest BCUT2D eigenvalue weighted by atomic mass is 10.0. The maximum absolute atomic E-state index is 13.2. The lowest BCUT2D eigenvalue weighted by Gasteiger charge is -2.38. The smallest absolute Gasteiger partial charge is 0.292 e. The van der Waals surface area contributed by atoms with Crippen molar-refractivity contribution in [3.8, 4) is 0 Å². The van der Waals surface area contributed by atoms with Crippen LogP contribution in [0.25, 0.3) is 5.78 Å². The third kappa shape index (κ3) is 3.08. The number of ether oxygens (including phenoxy) is 1. The van der Waals surface area contributed by atoms with Crippen LogP contribution >= 0.6 is 0 Å². The molecular weight excluding hydrogens is 342 g/mol. The molecule has 0 spiro atoms. The molecule has 27 heavy (non-hydrogen) atoms. The Morgan fingerprint density at radius 1 is 1.11 bits per heavy atom. The summed E-state index contributed by atoms with van der Waals surface area (Å²) in [4.78, 5) is 19.4. The zero-order valence-corrected chi connectivity index (χ0v) is 15.2. The van der Waals surface area contributed by atoms with Gasteiger partial charge in [0.05, 0.1) is 12.6 Å². The maximum Gasteiger partial charge on any atom is 0.292 e. The van der Waals surface area contributed by atoms with Crippen molar-refractivity contribution >= 4 is 11.7 Å². The number of aryl methyl sites for hydroxylation is 1. The summed E-state index contributed by atoms with van der Waals surface area (Å²) in [6.07, 6.45) is 4.11. The van der Waals surface area contributed by atoms with Crippen LogP contribution in [0.2, 0.25) is 0 Å². The van der Waals surface area contributed by atoms with E-state index in [1.807, 2.05) is 36.1 Å². The molecule has 2 fully saturated rings. The topological polar surface area (TPSA) is 72.6 Å². The molecule has 1 saturated heterocycles. The summed E-state index contributed by atoms with van der Waals surface area (Å²) in [5.74, 6) is 1.18. The molecule has 0 unspecified atom stereocenters. The molecule has 2 aliphatic rings. The summed E-state index contributed by atoms with van der Waals surface area (Å²) in [5.41, 5.74) is 1.95. The summed E-state index contributed by atoms with van der Waals surface area (Å²) in [5, 5.41) is 8.18. The van der Waals surface area contributed by atoms with Gasteiger partial charge in [-0.3, -0.25) is 9.20 Å². The van der Waals surface area contributed by atoms with Gasteiger partial charge in [-0.25, -0.2) is 4.98 Å². The number of aromatic nitrogens is 4. The largest absolute Gasteiger partial charge is 0.366 e. The molecule has 0 radical (unpaired) electrons. The molecule has 2 aromatic heterocycles. The van der Waals surface area contributed by atoms with Gasteiger partial charge in [0.15, 0.2) is 0 Å². The molecule has 7 nitrogen and oxygen atoms in total. The van der Waals surface area contributed by atoms with Gasteiger partial charge in [0, 0.05) is 18.4 Å². The van der Waals surface area contributed by atoms with Crippen molar-refractivity contribution in [2.24, 2.45) is 5.92 Å². The second-order valence-electron chi connectivity index (χ2n) is 7.38. The predicted octanol–water partition coefficient (Wildman–Crippen LogP) is 2.43. The molecule has 0 N–H and O–H groups in total. The minimum atomic E-state index is -0.122. The average Bonchev–Trinajstić information content (AvgIpc) is 3.48. The number of benzene rings is 1. The third-order valence-corrected chi connectivity index (χ3v) is 5.34. The van der Waals surface area contributed by atoms with Gasteiger partial charge in [-0.2, -0.15) is 0 Å². The summed E-state index contributed by atoms with van der Waals surface area (Å²) in [7, 11) is 0. The first-order chi connectivity index (χ1) is 13.2. The molecule has 3 aromatic rings. The molecule has 0 bridgehead atoms. The number of carbonyl (C=O) groups is 1. The highest BCUT2D eigenvalue weighted by atomic mass is 16.5. The van der Waals surface area contributed by atoms with E-state index in [1.54, 1.807) is 10.6 Å². The lowest BCUT2D eigenvalue weighted by molar-refractivity contribution is -0.0866. The van der Waals surface area contributed by atoms with Crippen molar-refractivity contribution in [2.45, 2.75) is 32.0 Å². The zero-order chi connectivity index (χ0) is 18.4. The molecule has 1 aliphatic carbocycles. The van der Waals surface area contributed by atoms with E-state index in [1.165, 1.54) is 12.8 Å². The monoisotopic (exact) mass is 363 g/mol. The number of nitrogens with zero attached hydrogens (tertiary/aromatic N) is 5. The molecule has 5 rings (SSSR count). The highest BCUT2D eigenvalue weighted by Crippen LogP contribution is 2.39. The van der Waals surface area contributed by atoms with Crippen LogP contribution in [0.4, 0.5) is 0 Å². The Balaban J connectivity index is 1.45. The fourth-order valence-corrected chi connectivity index (χ4v) is 3.70. The van der Waals surface area contributed by atoms with Gasteiger partial charge in [0.25, 0.3) is 11.7 Å². The molecule has 1 amide bonds. The fourth-order valence-electron chi connectivity index (χ4n) is 3.70. The number of carbonyl (C=O) groups excluding carboxylic acids is 1. The molecule has 1 saturated carbocycles. The second-order valence-corrected chi connectivity index (χ2v) is 7.38. The SMILES string of the molecule is Cc1ccn2c(C(=O)N3C[C@@H](c4ccccc4)O[C@@H](C4CC4)C3)nnc2n1. The summed E-state index contributed by atoms with van der Waals surface area (Å²) in [6.45, 7) is 3.00. The Labute approximate surface area is 157 Å².